The highest BCUT2D eigenvalue weighted by Gasteiger charge is 2.57. The van der Waals surface area contributed by atoms with E-state index in [1.165, 1.54) is 12.2 Å². The highest BCUT2D eigenvalue weighted by molar-refractivity contribution is 6.31. The molecule has 0 unspecified atom stereocenters. The van der Waals surface area contributed by atoms with Crippen molar-refractivity contribution < 1.29 is 24.9 Å². The molecule has 0 bridgehead atoms. The summed E-state index contributed by atoms with van der Waals surface area (Å²) in [5.74, 6) is -1.07. The summed E-state index contributed by atoms with van der Waals surface area (Å²) in [5.41, 5.74) is -2.37. The van der Waals surface area contributed by atoms with Gasteiger partial charge >= 0.3 is 5.97 Å². The number of hydrogen-bond acceptors (Lipinski definition) is 5. The minimum Gasteiger partial charge on any atom is -0.467 e. The smallest absolute Gasteiger partial charge is 0.345 e. The Morgan fingerprint density at radius 1 is 1.56 bits per heavy atom. The molecule has 0 amide bonds. The third kappa shape index (κ3) is 1.66. The van der Waals surface area contributed by atoms with E-state index in [1.807, 2.05) is 0 Å². The second kappa shape index (κ2) is 4.55. The van der Waals surface area contributed by atoms with Crippen molar-refractivity contribution >= 4 is 17.6 Å². The Labute approximate surface area is 97.6 Å². The van der Waals surface area contributed by atoms with Gasteiger partial charge in [-0.25, -0.2) is 4.79 Å². The van der Waals surface area contributed by atoms with Crippen LogP contribution in [0.3, 0.4) is 0 Å². The Morgan fingerprint density at radius 3 is 2.56 bits per heavy atom. The SMILES string of the molecule is CC=CC1=C(Cl)[C@@H](O)[C@H](O)[C@@]1(O)C(=O)OC. The summed E-state index contributed by atoms with van der Waals surface area (Å²) in [6.45, 7) is 1.64. The summed E-state index contributed by atoms with van der Waals surface area (Å²) in [6.07, 6.45) is -0.370. The van der Waals surface area contributed by atoms with E-state index in [2.05, 4.69) is 4.74 Å². The Hall–Kier alpha value is -0.880. The normalized spacial score (nSPS) is 34.9. The number of carbonyl (C=O) groups is 1. The quantitative estimate of drug-likeness (QED) is 0.584. The minimum atomic E-state index is -2.32. The molecule has 0 aromatic heterocycles. The molecule has 0 fully saturated rings. The lowest BCUT2D eigenvalue weighted by Gasteiger charge is -2.26. The van der Waals surface area contributed by atoms with Crippen LogP contribution in [0.5, 0.6) is 0 Å². The molecule has 0 heterocycles. The van der Waals surface area contributed by atoms with E-state index < -0.39 is 23.8 Å². The predicted molar refractivity (Wildman–Crippen MR) is 56.7 cm³/mol. The van der Waals surface area contributed by atoms with Crippen LogP contribution in [0.4, 0.5) is 0 Å². The highest BCUT2D eigenvalue weighted by atomic mass is 35.5. The van der Waals surface area contributed by atoms with Crippen molar-refractivity contribution in [2.45, 2.75) is 24.7 Å². The molecule has 3 atom stereocenters. The molecule has 1 aliphatic carbocycles. The third-order valence-corrected chi connectivity index (χ3v) is 2.91. The maximum Gasteiger partial charge on any atom is 0.345 e. The van der Waals surface area contributed by atoms with E-state index in [0.717, 1.165) is 7.11 Å². The van der Waals surface area contributed by atoms with Crippen molar-refractivity contribution in [1.29, 1.82) is 0 Å². The van der Waals surface area contributed by atoms with Crippen LogP contribution in [0.2, 0.25) is 0 Å². The van der Waals surface area contributed by atoms with E-state index in [9.17, 15) is 20.1 Å². The molecule has 3 N–H and O–H groups in total. The first-order valence-electron chi connectivity index (χ1n) is 4.61. The molecule has 5 nitrogen and oxygen atoms in total. The lowest BCUT2D eigenvalue weighted by molar-refractivity contribution is -0.171. The van der Waals surface area contributed by atoms with Crippen LogP contribution in [0.25, 0.3) is 0 Å². The van der Waals surface area contributed by atoms with Gasteiger partial charge in [0.25, 0.3) is 0 Å². The zero-order valence-corrected chi connectivity index (χ0v) is 9.60. The zero-order valence-electron chi connectivity index (χ0n) is 8.85. The van der Waals surface area contributed by atoms with E-state index in [-0.39, 0.29) is 10.6 Å². The van der Waals surface area contributed by atoms with E-state index in [1.54, 1.807) is 6.92 Å². The van der Waals surface area contributed by atoms with E-state index in [4.69, 9.17) is 11.6 Å². The van der Waals surface area contributed by atoms with Crippen molar-refractivity contribution in [3.05, 3.63) is 22.8 Å². The van der Waals surface area contributed by atoms with Gasteiger partial charge in [0.15, 0.2) is 0 Å². The molecule has 90 valence electrons. The van der Waals surface area contributed by atoms with Gasteiger partial charge in [-0.15, -0.1) is 0 Å². The fraction of sp³-hybridized carbons (Fsp3) is 0.500. The van der Waals surface area contributed by atoms with Gasteiger partial charge in [-0.2, -0.15) is 0 Å². The molecular formula is C10H13ClO5. The van der Waals surface area contributed by atoms with Gasteiger partial charge in [0.2, 0.25) is 5.60 Å². The Kier molecular flexibility index (Phi) is 3.75. The lowest BCUT2D eigenvalue weighted by atomic mass is 9.92. The number of rotatable bonds is 2. The molecule has 6 heteroatoms. The topological polar surface area (TPSA) is 87.0 Å². The number of halogens is 1. The van der Waals surface area contributed by atoms with Gasteiger partial charge in [-0.1, -0.05) is 23.8 Å². The van der Waals surface area contributed by atoms with Crippen LogP contribution < -0.4 is 0 Å². The predicted octanol–water partition coefficient (Wildman–Crippen LogP) is -0.305. The van der Waals surface area contributed by atoms with Crippen molar-refractivity contribution in [3.63, 3.8) is 0 Å². The van der Waals surface area contributed by atoms with Gasteiger partial charge in [0.1, 0.15) is 12.2 Å². The second-order valence-electron chi connectivity index (χ2n) is 3.41. The van der Waals surface area contributed by atoms with Gasteiger partial charge in [-0.3, -0.25) is 0 Å². The minimum absolute atomic E-state index is 0.0523. The molecule has 0 saturated carbocycles. The number of methoxy groups -OCH3 is 1. The number of aliphatic hydroxyl groups excluding tert-OH is 2. The summed E-state index contributed by atoms with van der Waals surface area (Å²) < 4.78 is 4.39. The van der Waals surface area contributed by atoms with E-state index >= 15 is 0 Å². The molecule has 0 aromatic rings. The zero-order chi connectivity index (χ0) is 12.5. The number of hydrogen-bond donors (Lipinski definition) is 3. The van der Waals surface area contributed by atoms with Crippen molar-refractivity contribution in [2.24, 2.45) is 0 Å². The summed E-state index contributed by atoms with van der Waals surface area (Å²) >= 11 is 5.74. The number of carbonyl (C=O) groups excluding carboxylic acids is 1. The largest absolute Gasteiger partial charge is 0.467 e. The van der Waals surface area contributed by atoms with Crippen LogP contribution in [0.15, 0.2) is 22.8 Å². The van der Waals surface area contributed by atoms with Crippen LogP contribution in [-0.2, 0) is 9.53 Å². The number of allylic oxidation sites excluding steroid dienone is 1. The van der Waals surface area contributed by atoms with Crippen LogP contribution in [-0.4, -0.2) is 46.2 Å². The van der Waals surface area contributed by atoms with Gasteiger partial charge in [0.05, 0.1) is 12.1 Å². The molecule has 1 aliphatic rings. The standard InChI is InChI=1S/C10H13ClO5/c1-3-4-5-6(11)7(12)8(13)10(5,15)9(14)16-2/h3-4,7-8,12-13,15H,1-2H3/t7-,8+,10-/m1/s1. The summed E-state index contributed by atoms with van der Waals surface area (Å²) in [5, 5.41) is 29.0. The molecular weight excluding hydrogens is 236 g/mol. The van der Waals surface area contributed by atoms with Gasteiger partial charge < -0.3 is 20.1 Å². The van der Waals surface area contributed by atoms with Gasteiger partial charge in [0, 0.05) is 5.57 Å². The second-order valence-corrected chi connectivity index (χ2v) is 3.82. The summed E-state index contributed by atoms with van der Waals surface area (Å²) in [6, 6.07) is 0. The fourth-order valence-electron chi connectivity index (χ4n) is 1.63. The number of ether oxygens (including phenoxy) is 1. The first-order chi connectivity index (χ1) is 7.41. The number of esters is 1. The maximum atomic E-state index is 11.5. The average Bonchev–Trinajstić information content (AvgIpc) is 2.44. The highest BCUT2D eigenvalue weighted by Crippen LogP contribution is 2.39. The Balaban J connectivity index is 3.31. The molecule has 0 saturated heterocycles. The maximum absolute atomic E-state index is 11.5. The third-order valence-electron chi connectivity index (χ3n) is 2.48. The fourth-order valence-corrected chi connectivity index (χ4v) is 1.95. The van der Waals surface area contributed by atoms with Crippen LogP contribution in [0, 0.1) is 0 Å². The monoisotopic (exact) mass is 248 g/mol. The van der Waals surface area contributed by atoms with Gasteiger partial charge in [-0.05, 0) is 6.92 Å². The van der Waals surface area contributed by atoms with Crippen LogP contribution >= 0.6 is 11.6 Å². The first-order valence-corrected chi connectivity index (χ1v) is 4.98. The van der Waals surface area contributed by atoms with Crippen molar-refractivity contribution in [3.8, 4) is 0 Å². The molecule has 0 aliphatic heterocycles. The molecule has 0 aromatic carbocycles. The molecule has 1 rings (SSSR count). The first kappa shape index (κ1) is 13.2. The molecule has 16 heavy (non-hydrogen) atoms. The summed E-state index contributed by atoms with van der Waals surface area (Å²) in [7, 11) is 1.07. The lowest BCUT2D eigenvalue weighted by Crippen LogP contribution is -2.51. The van der Waals surface area contributed by atoms with E-state index in [0.29, 0.717) is 0 Å². The Morgan fingerprint density at radius 2 is 2.12 bits per heavy atom. The van der Waals surface area contributed by atoms with Crippen LogP contribution in [0.1, 0.15) is 6.92 Å². The van der Waals surface area contributed by atoms with Crippen molar-refractivity contribution in [1.82, 2.24) is 0 Å². The summed E-state index contributed by atoms with van der Waals surface area (Å²) in [4.78, 5) is 11.5. The number of aliphatic hydroxyl groups is 3. The Bertz CT molecular complexity index is 362. The molecule has 0 radical (unpaired) electrons. The van der Waals surface area contributed by atoms with Crippen molar-refractivity contribution in [2.75, 3.05) is 7.11 Å². The molecule has 0 spiro atoms. The average molecular weight is 249 g/mol.